The molecule has 1 aromatic heterocycles. The van der Waals surface area contributed by atoms with E-state index in [-0.39, 0.29) is 11.8 Å². The van der Waals surface area contributed by atoms with Crippen LogP contribution < -0.4 is 5.32 Å². The number of thioether (sulfide) groups is 1. The zero-order valence-electron chi connectivity index (χ0n) is 10.5. The van der Waals surface area contributed by atoms with Crippen LogP contribution in [-0.4, -0.2) is 34.3 Å². The van der Waals surface area contributed by atoms with Crippen LogP contribution in [0.1, 0.15) is 29.9 Å². The van der Waals surface area contributed by atoms with Gasteiger partial charge in [-0.2, -0.15) is 0 Å². The van der Waals surface area contributed by atoms with Gasteiger partial charge in [-0.05, 0) is 12.2 Å². The van der Waals surface area contributed by atoms with Crippen molar-refractivity contribution in [3.05, 3.63) is 11.1 Å². The predicted molar refractivity (Wildman–Crippen MR) is 72.2 cm³/mol. The molecule has 0 bridgehead atoms. The van der Waals surface area contributed by atoms with E-state index in [9.17, 15) is 9.59 Å². The van der Waals surface area contributed by atoms with Gasteiger partial charge in [0.05, 0.1) is 6.20 Å². The number of thiazole rings is 1. The van der Waals surface area contributed by atoms with Crippen molar-refractivity contribution in [3.8, 4) is 0 Å². The summed E-state index contributed by atoms with van der Waals surface area (Å²) in [4.78, 5) is 27.5. The van der Waals surface area contributed by atoms with Crippen molar-refractivity contribution < 1.29 is 14.7 Å². The van der Waals surface area contributed by atoms with Gasteiger partial charge in [0.1, 0.15) is 15.3 Å². The topological polar surface area (TPSA) is 79.3 Å². The molecule has 1 aromatic rings. The molecule has 2 N–H and O–H groups in total. The van der Waals surface area contributed by atoms with E-state index in [0.29, 0.717) is 11.3 Å². The van der Waals surface area contributed by atoms with Crippen LogP contribution in [0.3, 0.4) is 0 Å². The van der Waals surface area contributed by atoms with Crippen molar-refractivity contribution in [2.24, 2.45) is 5.92 Å². The van der Waals surface area contributed by atoms with Crippen LogP contribution >= 0.6 is 23.1 Å². The maximum absolute atomic E-state index is 11.9. The first-order valence-corrected chi connectivity index (χ1v) is 7.57. The lowest BCUT2D eigenvalue weighted by atomic mass is 9.99. The quantitative estimate of drug-likeness (QED) is 0.784. The molecule has 0 aliphatic carbocycles. The fourth-order valence-electron chi connectivity index (χ4n) is 1.35. The Kier molecular flexibility index (Phi) is 5.61. The van der Waals surface area contributed by atoms with Crippen molar-refractivity contribution in [1.29, 1.82) is 0 Å². The van der Waals surface area contributed by atoms with Crippen LogP contribution in [0.5, 0.6) is 0 Å². The third kappa shape index (κ3) is 3.71. The monoisotopic (exact) mass is 288 g/mol. The first kappa shape index (κ1) is 15.0. The van der Waals surface area contributed by atoms with Gasteiger partial charge in [0.15, 0.2) is 0 Å². The molecular formula is C11H16N2O3S2. The number of carboxylic acids is 1. The fourth-order valence-corrected chi connectivity index (χ4v) is 2.66. The van der Waals surface area contributed by atoms with Crippen molar-refractivity contribution in [2.45, 2.75) is 30.6 Å². The second-order valence-corrected chi connectivity index (χ2v) is 5.95. The number of aromatic nitrogens is 1. The van der Waals surface area contributed by atoms with Gasteiger partial charge in [-0.15, -0.1) is 11.3 Å². The summed E-state index contributed by atoms with van der Waals surface area (Å²) in [5.74, 6) is -1.49. The van der Waals surface area contributed by atoms with E-state index in [2.05, 4.69) is 10.3 Å². The molecule has 18 heavy (non-hydrogen) atoms. The Bertz CT molecular complexity index is 434. The number of rotatable bonds is 6. The Hall–Kier alpha value is -1.08. The lowest BCUT2D eigenvalue weighted by molar-refractivity contribution is -0.140. The summed E-state index contributed by atoms with van der Waals surface area (Å²) in [6.45, 7) is 3.70. The van der Waals surface area contributed by atoms with Crippen LogP contribution in [0.4, 0.5) is 0 Å². The molecule has 100 valence electrons. The molecule has 7 heteroatoms. The molecule has 1 amide bonds. The Morgan fingerprint density at radius 1 is 1.61 bits per heavy atom. The van der Waals surface area contributed by atoms with Crippen LogP contribution in [0.15, 0.2) is 10.5 Å². The molecule has 0 saturated carbocycles. The van der Waals surface area contributed by atoms with Gasteiger partial charge in [0.25, 0.3) is 5.91 Å². The van der Waals surface area contributed by atoms with Gasteiger partial charge in [-0.1, -0.05) is 32.0 Å². The maximum atomic E-state index is 11.9. The van der Waals surface area contributed by atoms with E-state index in [0.717, 1.165) is 4.34 Å². The minimum Gasteiger partial charge on any atom is -0.480 e. The molecule has 0 saturated heterocycles. The summed E-state index contributed by atoms with van der Waals surface area (Å²) < 4.78 is 0.788. The summed E-state index contributed by atoms with van der Waals surface area (Å²) in [7, 11) is 0. The molecule has 0 unspecified atom stereocenters. The third-order valence-corrected chi connectivity index (χ3v) is 4.64. The minimum absolute atomic E-state index is 0.112. The second-order valence-electron chi connectivity index (χ2n) is 3.87. The van der Waals surface area contributed by atoms with Gasteiger partial charge < -0.3 is 10.4 Å². The normalized spacial score (nSPS) is 13.9. The minimum atomic E-state index is -1.01. The van der Waals surface area contributed by atoms with E-state index < -0.39 is 12.0 Å². The summed E-state index contributed by atoms with van der Waals surface area (Å²) in [5, 5.41) is 11.6. The molecule has 0 aromatic carbocycles. The lowest BCUT2D eigenvalue weighted by Crippen LogP contribution is -2.44. The van der Waals surface area contributed by atoms with E-state index in [4.69, 9.17) is 5.11 Å². The standard InChI is InChI=1S/C11H16N2O3S2/c1-4-6(2)8(10(15)16)13-9(14)7-5-12-11(17-3)18-7/h5-6,8H,4H2,1-3H3,(H,13,14)(H,15,16)/t6-,8-/m0/s1. The van der Waals surface area contributed by atoms with Crippen LogP contribution in [0.25, 0.3) is 0 Å². The average molecular weight is 288 g/mol. The Morgan fingerprint density at radius 3 is 2.72 bits per heavy atom. The van der Waals surface area contributed by atoms with Crippen molar-refractivity contribution in [3.63, 3.8) is 0 Å². The predicted octanol–water partition coefficient (Wildman–Crippen LogP) is 2.09. The van der Waals surface area contributed by atoms with E-state index in [1.165, 1.54) is 29.3 Å². The molecule has 0 radical (unpaired) electrons. The molecule has 0 aliphatic rings. The third-order valence-electron chi connectivity index (χ3n) is 2.65. The summed E-state index contributed by atoms with van der Waals surface area (Å²) >= 11 is 2.71. The van der Waals surface area contributed by atoms with E-state index in [1.54, 1.807) is 6.92 Å². The molecule has 2 atom stereocenters. The highest BCUT2D eigenvalue weighted by Gasteiger charge is 2.26. The Labute approximate surface area is 114 Å². The number of carboxylic acid groups (broad SMARTS) is 1. The largest absolute Gasteiger partial charge is 0.480 e. The van der Waals surface area contributed by atoms with Crippen LogP contribution in [-0.2, 0) is 4.79 Å². The number of nitrogens with zero attached hydrogens (tertiary/aromatic N) is 1. The van der Waals surface area contributed by atoms with Crippen molar-refractivity contribution in [1.82, 2.24) is 10.3 Å². The average Bonchev–Trinajstić information content (AvgIpc) is 2.83. The highest BCUT2D eigenvalue weighted by molar-refractivity contribution is 8.00. The molecule has 0 spiro atoms. The second kappa shape index (κ2) is 6.75. The molecule has 0 aliphatic heterocycles. The fraction of sp³-hybridized carbons (Fsp3) is 0.545. The zero-order chi connectivity index (χ0) is 13.7. The van der Waals surface area contributed by atoms with Crippen LogP contribution in [0.2, 0.25) is 0 Å². The van der Waals surface area contributed by atoms with Crippen LogP contribution in [0, 0.1) is 5.92 Å². The molecule has 1 rings (SSSR count). The van der Waals surface area contributed by atoms with Gasteiger partial charge in [-0.25, -0.2) is 9.78 Å². The Balaban J connectivity index is 2.75. The lowest BCUT2D eigenvalue weighted by Gasteiger charge is -2.19. The number of amides is 1. The first-order chi connectivity index (χ1) is 8.49. The Morgan fingerprint density at radius 2 is 2.28 bits per heavy atom. The van der Waals surface area contributed by atoms with Gasteiger partial charge in [0.2, 0.25) is 0 Å². The number of hydrogen-bond donors (Lipinski definition) is 2. The number of aliphatic carboxylic acids is 1. The number of nitrogens with one attached hydrogen (secondary N) is 1. The maximum Gasteiger partial charge on any atom is 0.326 e. The number of hydrogen-bond acceptors (Lipinski definition) is 5. The number of carbonyl (C=O) groups is 2. The van der Waals surface area contributed by atoms with E-state index >= 15 is 0 Å². The molecule has 1 heterocycles. The highest BCUT2D eigenvalue weighted by atomic mass is 32.2. The van der Waals surface area contributed by atoms with Crippen molar-refractivity contribution >= 4 is 35.0 Å². The SMILES string of the molecule is CC[C@H](C)[C@H](NC(=O)c1cnc(SC)s1)C(=O)O. The molecule has 5 nitrogen and oxygen atoms in total. The summed E-state index contributed by atoms with van der Waals surface area (Å²) in [6.07, 6.45) is 4.04. The van der Waals surface area contributed by atoms with Gasteiger partial charge in [0, 0.05) is 0 Å². The van der Waals surface area contributed by atoms with E-state index in [1.807, 2.05) is 13.2 Å². The van der Waals surface area contributed by atoms with Gasteiger partial charge >= 0.3 is 5.97 Å². The van der Waals surface area contributed by atoms with Gasteiger partial charge in [-0.3, -0.25) is 4.79 Å². The smallest absolute Gasteiger partial charge is 0.326 e. The summed E-state index contributed by atoms with van der Waals surface area (Å²) in [5.41, 5.74) is 0. The zero-order valence-corrected chi connectivity index (χ0v) is 12.1. The first-order valence-electron chi connectivity index (χ1n) is 5.53. The summed E-state index contributed by atoms with van der Waals surface area (Å²) in [6, 6.07) is -0.859. The van der Waals surface area contributed by atoms with Crippen molar-refractivity contribution in [2.75, 3.05) is 6.26 Å². The highest BCUT2D eigenvalue weighted by Crippen LogP contribution is 2.22. The molecular weight excluding hydrogens is 272 g/mol. The molecule has 0 fully saturated rings. The number of carbonyl (C=O) groups excluding carboxylic acids is 1.